The van der Waals surface area contributed by atoms with E-state index in [1.165, 1.54) is 4.68 Å². The summed E-state index contributed by atoms with van der Waals surface area (Å²) < 4.78 is 13.1. The molecular weight excluding hydrogens is 422 g/mol. The minimum Gasteiger partial charge on any atom is -0.454 e. The van der Waals surface area contributed by atoms with Crippen LogP contribution in [0.5, 0.6) is 11.5 Å². The summed E-state index contributed by atoms with van der Waals surface area (Å²) in [6, 6.07) is 9.32. The Balaban J connectivity index is 1.81. The largest absolute Gasteiger partial charge is 0.454 e. The fourth-order valence-electron chi connectivity index (χ4n) is 3.13. The van der Waals surface area contributed by atoms with E-state index in [1.807, 2.05) is 31.2 Å². The van der Waals surface area contributed by atoms with Crippen LogP contribution in [0.15, 0.2) is 44.7 Å². The first-order valence-corrected chi connectivity index (χ1v) is 10.0. The molecule has 2 heterocycles. The van der Waals surface area contributed by atoms with Crippen molar-refractivity contribution in [3.8, 4) is 11.5 Å². The molecule has 0 saturated carbocycles. The molecule has 3 aromatic rings. The van der Waals surface area contributed by atoms with E-state index in [0.29, 0.717) is 28.9 Å². The van der Waals surface area contributed by atoms with Gasteiger partial charge in [-0.2, -0.15) is 9.78 Å². The molecule has 0 atom stereocenters. The summed E-state index contributed by atoms with van der Waals surface area (Å²) in [7, 11) is 0. The van der Waals surface area contributed by atoms with Gasteiger partial charge in [0.1, 0.15) is 5.82 Å². The van der Waals surface area contributed by atoms with Crippen molar-refractivity contribution in [3.63, 3.8) is 0 Å². The lowest BCUT2D eigenvalue weighted by atomic mass is 10.1. The standard InChI is InChI=1S/C21H20BrN3O3/c1-3-4-5-20-24-17-7-6-15(22)10-16(17)21(26)25(20)23-11-14-9-19-18(8-13(14)2)27-12-28-19/h6-11H,3-5,12H2,1-2H3. The Kier molecular flexibility index (Phi) is 5.17. The lowest BCUT2D eigenvalue weighted by molar-refractivity contribution is 0.174. The Morgan fingerprint density at radius 3 is 2.82 bits per heavy atom. The molecule has 0 N–H and O–H groups in total. The van der Waals surface area contributed by atoms with Crippen molar-refractivity contribution in [2.45, 2.75) is 33.1 Å². The Labute approximate surface area is 170 Å². The van der Waals surface area contributed by atoms with E-state index >= 15 is 0 Å². The molecule has 0 fully saturated rings. The number of benzene rings is 2. The number of aromatic nitrogens is 2. The first-order valence-electron chi connectivity index (χ1n) is 9.22. The lowest BCUT2D eigenvalue weighted by Gasteiger charge is -2.09. The topological polar surface area (TPSA) is 65.7 Å². The van der Waals surface area contributed by atoms with Crippen LogP contribution in [0.4, 0.5) is 0 Å². The predicted molar refractivity (Wildman–Crippen MR) is 113 cm³/mol. The molecule has 28 heavy (non-hydrogen) atoms. The van der Waals surface area contributed by atoms with Gasteiger partial charge < -0.3 is 9.47 Å². The number of hydrogen-bond donors (Lipinski definition) is 0. The van der Waals surface area contributed by atoms with Gasteiger partial charge in [0, 0.05) is 16.5 Å². The van der Waals surface area contributed by atoms with Crippen molar-refractivity contribution < 1.29 is 9.47 Å². The first kappa shape index (κ1) is 18.7. The third-order valence-electron chi connectivity index (χ3n) is 4.70. The van der Waals surface area contributed by atoms with Gasteiger partial charge in [-0.25, -0.2) is 4.98 Å². The van der Waals surface area contributed by atoms with Gasteiger partial charge >= 0.3 is 0 Å². The number of fused-ring (bicyclic) bond motifs is 2. The quantitative estimate of drug-likeness (QED) is 0.549. The third kappa shape index (κ3) is 3.54. The molecule has 0 radical (unpaired) electrons. The van der Waals surface area contributed by atoms with Gasteiger partial charge in [-0.05, 0) is 49.2 Å². The van der Waals surface area contributed by atoms with E-state index < -0.39 is 0 Å². The fraction of sp³-hybridized carbons (Fsp3) is 0.286. The number of rotatable bonds is 5. The fourth-order valence-corrected chi connectivity index (χ4v) is 3.49. The zero-order valence-corrected chi connectivity index (χ0v) is 17.3. The number of nitrogens with zero attached hydrogens (tertiary/aromatic N) is 3. The van der Waals surface area contributed by atoms with E-state index in [0.717, 1.165) is 34.2 Å². The van der Waals surface area contributed by atoms with E-state index in [9.17, 15) is 4.79 Å². The van der Waals surface area contributed by atoms with Crippen LogP contribution in [0.3, 0.4) is 0 Å². The predicted octanol–water partition coefficient (Wildman–Crippen LogP) is 4.42. The maximum absolute atomic E-state index is 13.1. The SMILES string of the molecule is CCCCc1nc2ccc(Br)cc2c(=O)n1N=Cc1cc2c(cc1C)OCO2. The van der Waals surface area contributed by atoms with E-state index in [-0.39, 0.29) is 12.4 Å². The lowest BCUT2D eigenvalue weighted by Crippen LogP contribution is -2.22. The van der Waals surface area contributed by atoms with Crippen molar-refractivity contribution >= 4 is 33.0 Å². The minimum atomic E-state index is -0.174. The van der Waals surface area contributed by atoms with Crippen LogP contribution in [0.25, 0.3) is 10.9 Å². The summed E-state index contributed by atoms with van der Waals surface area (Å²) in [4.78, 5) is 17.8. The molecule has 1 aliphatic rings. The van der Waals surface area contributed by atoms with Crippen molar-refractivity contribution in [2.75, 3.05) is 6.79 Å². The highest BCUT2D eigenvalue weighted by Crippen LogP contribution is 2.34. The smallest absolute Gasteiger partial charge is 0.282 e. The second-order valence-electron chi connectivity index (χ2n) is 6.72. The van der Waals surface area contributed by atoms with Crippen LogP contribution in [0.2, 0.25) is 0 Å². The molecule has 6 nitrogen and oxygen atoms in total. The van der Waals surface area contributed by atoms with Gasteiger partial charge in [-0.3, -0.25) is 4.79 Å². The molecule has 1 aromatic heterocycles. The number of hydrogen-bond acceptors (Lipinski definition) is 5. The van der Waals surface area contributed by atoms with Gasteiger partial charge in [-0.15, -0.1) is 0 Å². The van der Waals surface area contributed by atoms with E-state index in [2.05, 4.69) is 28.0 Å². The summed E-state index contributed by atoms with van der Waals surface area (Å²) in [5.74, 6) is 2.08. The van der Waals surface area contributed by atoms with Crippen LogP contribution in [0.1, 0.15) is 36.7 Å². The van der Waals surface area contributed by atoms with E-state index in [1.54, 1.807) is 12.3 Å². The van der Waals surface area contributed by atoms with Crippen molar-refractivity contribution in [1.29, 1.82) is 0 Å². The van der Waals surface area contributed by atoms with Gasteiger partial charge in [0.05, 0.1) is 17.1 Å². The maximum Gasteiger partial charge on any atom is 0.282 e. The highest BCUT2D eigenvalue weighted by molar-refractivity contribution is 9.10. The molecule has 4 rings (SSSR count). The summed E-state index contributed by atoms with van der Waals surface area (Å²) >= 11 is 3.43. The highest BCUT2D eigenvalue weighted by Gasteiger charge is 2.15. The number of aryl methyl sites for hydroxylation is 2. The minimum absolute atomic E-state index is 0.174. The van der Waals surface area contributed by atoms with Crippen molar-refractivity contribution in [3.05, 3.63) is 62.1 Å². The Bertz CT molecular complexity index is 1140. The molecule has 0 aliphatic carbocycles. The molecule has 0 saturated heterocycles. The van der Waals surface area contributed by atoms with Crippen LogP contribution < -0.4 is 15.0 Å². The molecule has 0 bridgehead atoms. The van der Waals surface area contributed by atoms with Gasteiger partial charge in [0.15, 0.2) is 11.5 Å². The van der Waals surface area contributed by atoms with Gasteiger partial charge in [0.2, 0.25) is 6.79 Å². The van der Waals surface area contributed by atoms with Gasteiger partial charge in [-0.1, -0.05) is 29.3 Å². The maximum atomic E-state index is 13.1. The van der Waals surface area contributed by atoms with E-state index in [4.69, 9.17) is 14.5 Å². The molecule has 7 heteroatoms. The normalized spacial score (nSPS) is 13.0. The second-order valence-corrected chi connectivity index (χ2v) is 7.63. The molecule has 1 aliphatic heterocycles. The molecule has 0 spiro atoms. The summed E-state index contributed by atoms with van der Waals surface area (Å²) in [6.07, 6.45) is 4.32. The molecule has 2 aromatic carbocycles. The van der Waals surface area contributed by atoms with Crippen LogP contribution >= 0.6 is 15.9 Å². The monoisotopic (exact) mass is 441 g/mol. The zero-order chi connectivity index (χ0) is 19.7. The Morgan fingerprint density at radius 1 is 1.25 bits per heavy atom. The van der Waals surface area contributed by atoms with Crippen LogP contribution in [-0.4, -0.2) is 22.7 Å². The zero-order valence-electron chi connectivity index (χ0n) is 15.7. The Morgan fingerprint density at radius 2 is 2.04 bits per heavy atom. The second kappa shape index (κ2) is 7.75. The van der Waals surface area contributed by atoms with Crippen LogP contribution in [0, 0.1) is 6.92 Å². The molecule has 0 amide bonds. The summed E-state index contributed by atoms with van der Waals surface area (Å²) in [5, 5.41) is 5.04. The number of ether oxygens (including phenoxy) is 2. The average Bonchev–Trinajstić information content (AvgIpc) is 3.13. The first-order chi connectivity index (χ1) is 13.6. The Hall–Kier alpha value is -2.67. The summed E-state index contributed by atoms with van der Waals surface area (Å²) in [5.41, 5.74) is 2.37. The number of halogens is 1. The average molecular weight is 442 g/mol. The number of unbranched alkanes of at least 4 members (excludes halogenated alkanes) is 1. The van der Waals surface area contributed by atoms with Crippen molar-refractivity contribution in [2.24, 2.45) is 5.10 Å². The highest BCUT2D eigenvalue weighted by atomic mass is 79.9. The molecule has 0 unspecified atom stereocenters. The summed E-state index contributed by atoms with van der Waals surface area (Å²) in [6.45, 7) is 4.30. The third-order valence-corrected chi connectivity index (χ3v) is 5.20. The van der Waals surface area contributed by atoms with Gasteiger partial charge in [0.25, 0.3) is 5.56 Å². The van der Waals surface area contributed by atoms with Crippen LogP contribution in [-0.2, 0) is 6.42 Å². The van der Waals surface area contributed by atoms with Crippen molar-refractivity contribution in [1.82, 2.24) is 9.66 Å². The molecular formula is C21H20BrN3O3. The molecule has 144 valence electrons.